The fourth-order valence-corrected chi connectivity index (χ4v) is 4.84. The number of sulfonamides is 1. The first kappa shape index (κ1) is 21.1. The quantitative estimate of drug-likeness (QED) is 0.712. The van der Waals surface area contributed by atoms with E-state index in [1.54, 1.807) is 37.3 Å². The van der Waals surface area contributed by atoms with E-state index in [9.17, 15) is 13.2 Å². The number of nitrogens with zero attached hydrogens (tertiary/aromatic N) is 1. The highest BCUT2D eigenvalue weighted by molar-refractivity contribution is 7.89. The molecule has 0 aliphatic heterocycles. The molecule has 29 heavy (non-hydrogen) atoms. The molecule has 3 rings (SSSR count). The maximum atomic E-state index is 12.9. The number of hydrogen-bond donors (Lipinski definition) is 2. The second-order valence-corrected chi connectivity index (χ2v) is 8.72. The van der Waals surface area contributed by atoms with Gasteiger partial charge < -0.3 is 14.6 Å². The van der Waals surface area contributed by atoms with Crippen molar-refractivity contribution < 1.29 is 22.5 Å². The van der Waals surface area contributed by atoms with Crippen LogP contribution in [0.1, 0.15) is 49.6 Å². The van der Waals surface area contributed by atoms with Crippen molar-refractivity contribution >= 4 is 33.8 Å². The van der Waals surface area contributed by atoms with Crippen molar-refractivity contribution in [2.24, 2.45) is 0 Å². The molecule has 0 bridgehead atoms. The molecule has 1 aliphatic rings. The lowest BCUT2D eigenvalue weighted by Gasteiger charge is -2.15. The van der Waals surface area contributed by atoms with Gasteiger partial charge >= 0.3 is 0 Å². The van der Waals surface area contributed by atoms with Crippen molar-refractivity contribution in [3.8, 4) is 5.75 Å². The standard InChI is InChI=1S/C20H25N3O5S/c1-13-20(21-14(2)24)18(28-22-13)11-9-15-8-10-17(27-3)19(12-15)29(25,26)23-16-6-4-5-7-16/h8-12,16,23H,4-7H2,1-3H3,(H,21,24)/b11-9-. The number of carbonyl (C=O) groups excluding carboxylic acids is 1. The highest BCUT2D eigenvalue weighted by Crippen LogP contribution is 2.28. The first-order chi connectivity index (χ1) is 13.8. The fourth-order valence-electron chi connectivity index (χ4n) is 3.33. The van der Waals surface area contributed by atoms with Crippen LogP contribution >= 0.6 is 0 Å². The Hall–Kier alpha value is -2.65. The summed E-state index contributed by atoms with van der Waals surface area (Å²) in [7, 11) is -2.27. The number of anilines is 1. The van der Waals surface area contributed by atoms with E-state index in [1.165, 1.54) is 14.0 Å². The van der Waals surface area contributed by atoms with E-state index in [2.05, 4.69) is 15.2 Å². The van der Waals surface area contributed by atoms with Gasteiger partial charge in [0, 0.05) is 13.0 Å². The number of carbonyl (C=O) groups is 1. The van der Waals surface area contributed by atoms with Crippen molar-refractivity contribution in [1.82, 2.24) is 9.88 Å². The Labute approximate surface area is 170 Å². The van der Waals surface area contributed by atoms with Crippen LogP contribution in [0.15, 0.2) is 27.6 Å². The SMILES string of the molecule is COc1ccc(/C=C\c2onc(C)c2NC(C)=O)cc1S(=O)(=O)NC1CCCC1. The van der Waals surface area contributed by atoms with Gasteiger partial charge in [-0.25, -0.2) is 13.1 Å². The molecule has 1 amide bonds. The van der Waals surface area contributed by atoms with E-state index >= 15 is 0 Å². The molecular formula is C20H25N3O5S. The average molecular weight is 420 g/mol. The van der Waals surface area contributed by atoms with Crippen LogP contribution in [0.5, 0.6) is 5.75 Å². The lowest BCUT2D eigenvalue weighted by Crippen LogP contribution is -2.32. The maximum Gasteiger partial charge on any atom is 0.244 e. The number of aromatic nitrogens is 1. The molecule has 1 aromatic carbocycles. The van der Waals surface area contributed by atoms with E-state index in [0.717, 1.165) is 25.7 Å². The summed E-state index contributed by atoms with van der Waals surface area (Å²) in [5, 5.41) is 6.54. The van der Waals surface area contributed by atoms with Crippen LogP contribution in [0.3, 0.4) is 0 Å². The molecule has 0 atom stereocenters. The topological polar surface area (TPSA) is 111 Å². The minimum absolute atomic E-state index is 0.0405. The minimum atomic E-state index is -3.71. The molecule has 2 N–H and O–H groups in total. The number of benzene rings is 1. The molecule has 0 saturated heterocycles. The maximum absolute atomic E-state index is 12.9. The van der Waals surface area contributed by atoms with Crippen molar-refractivity contribution in [1.29, 1.82) is 0 Å². The number of methoxy groups -OCH3 is 1. The highest BCUT2D eigenvalue weighted by Gasteiger charge is 2.25. The third kappa shape index (κ3) is 5.04. The fraction of sp³-hybridized carbons (Fsp3) is 0.400. The third-order valence-corrected chi connectivity index (χ3v) is 6.31. The Balaban J connectivity index is 1.89. The van der Waals surface area contributed by atoms with E-state index in [1.807, 2.05) is 0 Å². The molecule has 9 heteroatoms. The summed E-state index contributed by atoms with van der Waals surface area (Å²) in [6.07, 6.45) is 7.07. The first-order valence-electron chi connectivity index (χ1n) is 9.42. The van der Waals surface area contributed by atoms with E-state index < -0.39 is 10.0 Å². The molecule has 1 fully saturated rings. The number of rotatable bonds is 7. The van der Waals surface area contributed by atoms with Crippen molar-refractivity contribution in [3.63, 3.8) is 0 Å². The summed E-state index contributed by atoms with van der Waals surface area (Å²) < 4.78 is 39.0. The predicted molar refractivity (Wildman–Crippen MR) is 110 cm³/mol. The highest BCUT2D eigenvalue weighted by atomic mass is 32.2. The molecule has 1 heterocycles. The molecule has 8 nitrogen and oxygen atoms in total. The zero-order valence-corrected chi connectivity index (χ0v) is 17.5. The summed E-state index contributed by atoms with van der Waals surface area (Å²) in [6, 6.07) is 4.86. The Morgan fingerprint density at radius 2 is 2.00 bits per heavy atom. The van der Waals surface area contributed by atoms with Gasteiger partial charge in [0.15, 0.2) is 5.76 Å². The van der Waals surface area contributed by atoms with Gasteiger partial charge in [0.25, 0.3) is 0 Å². The van der Waals surface area contributed by atoms with Gasteiger partial charge in [-0.15, -0.1) is 0 Å². The third-order valence-electron chi connectivity index (χ3n) is 4.77. The summed E-state index contributed by atoms with van der Waals surface area (Å²) in [5.74, 6) is 0.422. The zero-order chi connectivity index (χ0) is 21.0. The van der Waals surface area contributed by atoms with Crippen LogP contribution in [0.25, 0.3) is 12.2 Å². The molecule has 0 unspecified atom stereocenters. The summed E-state index contributed by atoms with van der Waals surface area (Å²) in [4.78, 5) is 11.5. The summed E-state index contributed by atoms with van der Waals surface area (Å²) in [6.45, 7) is 3.12. The van der Waals surface area contributed by atoms with Crippen LogP contribution in [0.2, 0.25) is 0 Å². The van der Waals surface area contributed by atoms with Crippen molar-refractivity contribution in [2.45, 2.75) is 50.5 Å². The van der Waals surface area contributed by atoms with E-state index in [4.69, 9.17) is 9.26 Å². The van der Waals surface area contributed by atoms with Gasteiger partial charge in [0.2, 0.25) is 15.9 Å². The van der Waals surface area contributed by atoms with Crippen molar-refractivity contribution in [3.05, 3.63) is 35.2 Å². The number of nitrogens with one attached hydrogen (secondary N) is 2. The van der Waals surface area contributed by atoms with Crippen LogP contribution < -0.4 is 14.8 Å². The van der Waals surface area contributed by atoms with Gasteiger partial charge in [-0.05, 0) is 43.5 Å². The first-order valence-corrected chi connectivity index (χ1v) is 10.9. The van der Waals surface area contributed by atoms with E-state index in [-0.39, 0.29) is 22.6 Å². The smallest absolute Gasteiger partial charge is 0.244 e. The number of ether oxygens (including phenoxy) is 1. The van der Waals surface area contributed by atoms with Gasteiger partial charge in [0.05, 0.1) is 7.11 Å². The van der Waals surface area contributed by atoms with Gasteiger partial charge in [-0.1, -0.05) is 30.1 Å². The summed E-state index contributed by atoms with van der Waals surface area (Å²) >= 11 is 0. The summed E-state index contributed by atoms with van der Waals surface area (Å²) in [5.41, 5.74) is 1.68. The molecule has 1 saturated carbocycles. The number of aryl methyl sites for hydroxylation is 1. The predicted octanol–water partition coefficient (Wildman–Crippen LogP) is 3.34. The number of hydrogen-bond acceptors (Lipinski definition) is 6. The second-order valence-electron chi connectivity index (χ2n) is 7.03. The Morgan fingerprint density at radius 1 is 1.28 bits per heavy atom. The second kappa shape index (κ2) is 8.79. The molecule has 156 valence electrons. The Kier molecular flexibility index (Phi) is 6.39. The van der Waals surface area contributed by atoms with Crippen molar-refractivity contribution in [2.75, 3.05) is 12.4 Å². The lowest BCUT2D eigenvalue weighted by atomic mass is 10.2. The molecular weight excluding hydrogens is 394 g/mol. The molecule has 1 aromatic heterocycles. The molecule has 1 aliphatic carbocycles. The normalized spacial score (nSPS) is 15.1. The molecule has 2 aromatic rings. The molecule has 0 radical (unpaired) electrons. The molecule has 0 spiro atoms. The van der Waals surface area contributed by atoms with Gasteiger partial charge in [-0.3, -0.25) is 4.79 Å². The number of amides is 1. The zero-order valence-electron chi connectivity index (χ0n) is 16.7. The largest absolute Gasteiger partial charge is 0.495 e. The average Bonchev–Trinajstić information content (AvgIpc) is 3.30. The van der Waals surface area contributed by atoms with Gasteiger partial charge in [-0.2, -0.15) is 0 Å². The van der Waals surface area contributed by atoms with Crippen LogP contribution in [0, 0.1) is 6.92 Å². The van der Waals surface area contributed by atoms with Crippen LogP contribution in [0.4, 0.5) is 5.69 Å². The Morgan fingerprint density at radius 3 is 2.66 bits per heavy atom. The van der Waals surface area contributed by atoms with Crippen LogP contribution in [-0.4, -0.2) is 32.6 Å². The van der Waals surface area contributed by atoms with Gasteiger partial charge in [0.1, 0.15) is 22.0 Å². The van der Waals surface area contributed by atoms with Crippen LogP contribution in [-0.2, 0) is 14.8 Å². The minimum Gasteiger partial charge on any atom is -0.495 e. The lowest BCUT2D eigenvalue weighted by molar-refractivity contribution is -0.114. The van der Waals surface area contributed by atoms with E-state index in [0.29, 0.717) is 22.7 Å². The Bertz CT molecular complexity index is 1020. The monoisotopic (exact) mass is 419 g/mol.